The summed E-state index contributed by atoms with van der Waals surface area (Å²) in [5, 5.41) is 9.70. The van der Waals surface area contributed by atoms with Crippen molar-refractivity contribution in [3.63, 3.8) is 0 Å². The summed E-state index contributed by atoms with van der Waals surface area (Å²) in [5.74, 6) is -1.16. The number of hydrogen-bond donors (Lipinski definition) is 1. The molecule has 2 saturated heterocycles. The molecule has 1 N–H and O–H groups in total. The standard InChI is InChI=1S/C15H25NO5/c1-14(2,3)21-12(18)10-8-15(13(19)20-4)6-5-7-16(15)11(10)9-17/h10-11,17H,5-9H2,1-4H3/t10-,11-,15-/m0/s1. The minimum Gasteiger partial charge on any atom is -0.468 e. The molecule has 2 aliphatic heterocycles. The molecule has 2 rings (SSSR count). The Labute approximate surface area is 125 Å². The Bertz CT molecular complexity index is 430. The van der Waals surface area contributed by atoms with Crippen LogP contribution in [0.5, 0.6) is 0 Å². The van der Waals surface area contributed by atoms with E-state index in [4.69, 9.17) is 9.47 Å². The molecule has 6 nitrogen and oxygen atoms in total. The third-order valence-corrected chi connectivity index (χ3v) is 4.42. The Kier molecular flexibility index (Phi) is 4.31. The summed E-state index contributed by atoms with van der Waals surface area (Å²) in [6, 6.07) is -0.374. The van der Waals surface area contributed by atoms with E-state index in [1.165, 1.54) is 7.11 Å². The highest BCUT2D eigenvalue weighted by molar-refractivity contribution is 5.85. The van der Waals surface area contributed by atoms with E-state index in [-0.39, 0.29) is 24.6 Å². The highest BCUT2D eigenvalue weighted by Gasteiger charge is 2.61. The maximum Gasteiger partial charge on any atom is 0.326 e. The number of hydrogen-bond acceptors (Lipinski definition) is 6. The molecule has 2 fully saturated rings. The zero-order valence-electron chi connectivity index (χ0n) is 13.2. The monoisotopic (exact) mass is 299 g/mol. The Morgan fingerprint density at radius 1 is 1.38 bits per heavy atom. The fourth-order valence-electron chi connectivity index (χ4n) is 3.66. The summed E-state index contributed by atoms with van der Waals surface area (Å²) in [6.07, 6.45) is 1.89. The number of nitrogens with zero attached hydrogens (tertiary/aromatic N) is 1. The second kappa shape index (κ2) is 5.57. The van der Waals surface area contributed by atoms with Gasteiger partial charge in [0.05, 0.1) is 19.6 Å². The van der Waals surface area contributed by atoms with Gasteiger partial charge in [0.15, 0.2) is 0 Å². The molecule has 0 aliphatic carbocycles. The number of esters is 2. The molecule has 120 valence electrons. The maximum absolute atomic E-state index is 12.4. The second-order valence-corrected chi connectivity index (χ2v) is 6.91. The highest BCUT2D eigenvalue weighted by Crippen LogP contribution is 2.46. The molecule has 6 heteroatoms. The van der Waals surface area contributed by atoms with Crippen LogP contribution in [0.1, 0.15) is 40.0 Å². The lowest BCUT2D eigenvalue weighted by molar-refractivity contribution is -0.161. The van der Waals surface area contributed by atoms with Crippen molar-refractivity contribution < 1.29 is 24.2 Å². The van der Waals surface area contributed by atoms with Crippen LogP contribution in [-0.2, 0) is 19.1 Å². The van der Waals surface area contributed by atoms with Gasteiger partial charge in [0, 0.05) is 6.04 Å². The Hall–Kier alpha value is -1.14. The van der Waals surface area contributed by atoms with E-state index in [9.17, 15) is 14.7 Å². The van der Waals surface area contributed by atoms with Crippen LogP contribution in [0.15, 0.2) is 0 Å². The van der Waals surface area contributed by atoms with E-state index in [0.29, 0.717) is 19.4 Å². The third-order valence-electron chi connectivity index (χ3n) is 4.42. The van der Waals surface area contributed by atoms with Crippen molar-refractivity contribution in [2.45, 2.75) is 57.2 Å². The van der Waals surface area contributed by atoms with Crippen molar-refractivity contribution >= 4 is 11.9 Å². The van der Waals surface area contributed by atoms with Crippen molar-refractivity contribution in [1.29, 1.82) is 0 Å². The number of carbonyl (C=O) groups excluding carboxylic acids is 2. The average molecular weight is 299 g/mol. The van der Waals surface area contributed by atoms with Gasteiger partial charge in [0.1, 0.15) is 11.1 Å². The highest BCUT2D eigenvalue weighted by atomic mass is 16.6. The summed E-state index contributed by atoms with van der Waals surface area (Å²) in [5.41, 5.74) is -1.35. The van der Waals surface area contributed by atoms with Crippen molar-refractivity contribution in [2.24, 2.45) is 5.92 Å². The van der Waals surface area contributed by atoms with E-state index < -0.39 is 17.1 Å². The minimum absolute atomic E-state index is 0.164. The normalized spacial score (nSPS) is 32.8. The Balaban J connectivity index is 2.25. The zero-order chi connectivity index (χ0) is 15.8. The van der Waals surface area contributed by atoms with Crippen LogP contribution in [0.2, 0.25) is 0 Å². The molecular formula is C15H25NO5. The zero-order valence-corrected chi connectivity index (χ0v) is 13.2. The fourth-order valence-corrected chi connectivity index (χ4v) is 3.66. The van der Waals surface area contributed by atoms with Gasteiger partial charge >= 0.3 is 11.9 Å². The molecule has 0 amide bonds. The summed E-state index contributed by atoms with van der Waals surface area (Å²) >= 11 is 0. The van der Waals surface area contributed by atoms with E-state index in [0.717, 1.165) is 6.42 Å². The van der Waals surface area contributed by atoms with Gasteiger partial charge in [-0.15, -0.1) is 0 Å². The van der Waals surface area contributed by atoms with Gasteiger partial charge in [0.2, 0.25) is 0 Å². The molecule has 0 bridgehead atoms. The third kappa shape index (κ3) is 2.79. The largest absolute Gasteiger partial charge is 0.468 e. The summed E-state index contributed by atoms with van der Waals surface area (Å²) in [4.78, 5) is 26.6. The van der Waals surface area contributed by atoms with Crippen molar-refractivity contribution in [1.82, 2.24) is 4.90 Å². The summed E-state index contributed by atoms with van der Waals surface area (Å²) < 4.78 is 10.4. The van der Waals surface area contributed by atoms with Crippen LogP contribution in [0.4, 0.5) is 0 Å². The Morgan fingerprint density at radius 3 is 2.57 bits per heavy atom. The molecule has 21 heavy (non-hydrogen) atoms. The second-order valence-electron chi connectivity index (χ2n) is 6.91. The predicted molar refractivity (Wildman–Crippen MR) is 75.5 cm³/mol. The van der Waals surface area contributed by atoms with Gasteiger partial charge in [-0.2, -0.15) is 0 Å². The number of methoxy groups -OCH3 is 1. The number of rotatable bonds is 3. The lowest BCUT2D eigenvalue weighted by Gasteiger charge is -2.31. The summed E-state index contributed by atoms with van der Waals surface area (Å²) in [7, 11) is 1.36. The first-order valence-corrected chi connectivity index (χ1v) is 7.44. The molecule has 2 heterocycles. The van der Waals surface area contributed by atoms with E-state index >= 15 is 0 Å². The van der Waals surface area contributed by atoms with Gasteiger partial charge in [0.25, 0.3) is 0 Å². The molecular weight excluding hydrogens is 274 g/mol. The predicted octanol–water partition coefficient (Wildman–Crippen LogP) is 0.716. The number of aliphatic hydroxyl groups is 1. The van der Waals surface area contributed by atoms with Crippen molar-refractivity contribution in [3.8, 4) is 0 Å². The van der Waals surface area contributed by atoms with Crippen LogP contribution in [0, 0.1) is 5.92 Å². The molecule has 0 unspecified atom stereocenters. The van der Waals surface area contributed by atoms with Gasteiger partial charge in [-0.25, -0.2) is 0 Å². The fraction of sp³-hybridized carbons (Fsp3) is 0.867. The topological polar surface area (TPSA) is 76.1 Å². The SMILES string of the molecule is COC(=O)[C@@]12CCCN1[C@@H](CO)[C@@H](C(=O)OC(C)(C)C)C2. The Morgan fingerprint density at radius 2 is 2.05 bits per heavy atom. The number of aliphatic hydroxyl groups excluding tert-OH is 1. The van der Waals surface area contributed by atoms with Crippen molar-refractivity contribution in [2.75, 3.05) is 20.3 Å². The quantitative estimate of drug-likeness (QED) is 0.774. The molecule has 0 radical (unpaired) electrons. The van der Waals surface area contributed by atoms with E-state index in [1.54, 1.807) is 0 Å². The van der Waals surface area contributed by atoms with E-state index in [1.807, 2.05) is 25.7 Å². The van der Waals surface area contributed by atoms with Crippen LogP contribution in [0.3, 0.4) is 0 Å². The smallest absolute Gasteiger partial charge is 0.326 e. The number of ether oxygens (including phenoxy) is 2. The molecule has 0 spiro atoms. The van der Waals surface area contributed by atoms with Crippen LogP contribution in [0.25, 0.3) is 0 Å². The molecule has 3 atom stereocenters. The van der Waals surface area contributed by atoms with Gasteiger partial charge < -0.3 is 14.6 Å². The van der Waals surface area contributed by atoms with Crippen LogP contribution >= 0.6 is 0 Å². The lowest BCUT2D eigenvalue weighted by Crippen LogP contribution is -2.50. The molecule has 0 aromatic heterocycles. The molecule has 0 aromatic rings. The van der Waals surface area contributed by atoms with Crippen molar-refractivity contribution in [3.05, 3.63) is 0 Å². The molecule has 0 aromatic carbocycles. The first-order valence-electron chi connectivity index (χ1n) is 7.44. The molecule has 2 aliphatic rings. The summed E-state index contributed by atoms with van der Waals surface area (Å²) in [6.45, 7) is 5.96. The van der Waals surface area contributed by atoms with Crippen LogP contribution < -0.4 is 0 Å². The van der Waals surface area contributed by atoms with Gasteiger partial charge in [-0.3, -0.25) is 14.5 Å². The van der Waals surface area contributed by atoms with E-state index in [2.05, 4.69) is 0 Å². The molecule has 0 saturated carbocycles. The number of carbonyl (C=O) groups is 2. The first-order chi connectivity index (χ1) is 9.75. The average Bonchev–Trinajstić information content (AvgIpc) is 2.91. The lowest BCUT2D eigenvalue weighted by atomic mass is 9.88. The minimum atomic E-state index is -0.774. The number of fused-ring (bicyclic) bond motifs is 1. The van der Waals surface area contributed by atoms with Gasteiger partial charge in [-0.05, 0) is 46.6 Å². The van der Waals surface area contributed by atoms with Crippen LogP contribution in [-0.4, -0.2) is 59.4 Å². The van der Waals surface area contributed by atoms with Gasteiger partial charge in [-0.1, -0.05) is 0 Å². The maximum atomic E-state index is 12.4. The first kappa shape index (κ1) is 16.2.